The average Bonchev–Trinajstić information content (AvgIpc) is 3.13. The third-order valence-corrected chi connectivity index (χ3v) is 8.16. The molecule has 25 heavy (non-hydrogen) atoms. The first-order chi connectivity index (χ1) is 12.1. The van der Waals surface area contributed by atoms with Gasteiger partial charge >= 0.3 is 0 Å². The number of aliphatic imine (C=N–C) groups is 1. The Balaban J connectivity index is 1.79. The molecule has 4 aliphatic heterocycles. The Labute approximate surface area is 156 Å². The average molecular weight is 416 g/mol. The molecule has 5 aliphatic rings. The number of carbonyl (C=O) groups is 1. The summed E-state index contributed by atoms with van der Waals surface area (Å²) in [6.07, 6.45) is 6.24. The Morgan fingerprint density at radius 2 is 2.32 bits per heavy atom. The van der Waals surface area contributed by atoms with Gasteiger partial charge in [-0.1, -0.05) is 6.08 Å². The monoisotopic (exact) mass is 415 g/mol. The Bertz CT molecular complexity index is 1080. The van der Waals surface area contributed by atoms with Crippen LogP contribution in [-0.4, -0.2) is 34.3 Å². The van der Waals surface area contributed by atoms with Crippen molar-refractivity contribution in [1.29, 1.82) is 0 Å². The Kier molecular flexibility index (Phi) is 2.66. The fourth-order valence-electron chi connectivity index (χ4n) is 4.92. The van der Waals surface area contributed by atoms with Crippen molar-refractivity contribution in [2.45, 2.75) is 35.3 Å². The van der Waals surface area contributed by atoms with E-state index in [2.05, 4.69) is 32.3 Å². The maximum Gasteiger partial charge on any atom is 0.170 e. The molecule has 3 atom stereocenters. The summed E-state index contributed by atoms with van der Waals surface area (Å²) in [5.74, 6) is 0.382. The largest absolute Gasteiger partial charge is 0.504 e. The number of carbonyl (C=O) groups excluding carboxylic acids is 1. The fourth-order valence-corrected chi connectivity index (χ4v) is 7.22. The maximum atomic E-state index is 12.3. The van der Waals surface area contributed by atoms with E-state index in [1.807, 2.05) is 6.21 Å². The van der Waals surface area contributed by atoms with Crippen molar-refractivity contribution < 1.29 is 9.90 Å². The van der Waals surface area contributed by atoms with Crippen LogP contribution in [0.1, 0.15) is 24.8 Å². The first kappa shape index (κ1) is 14.6. The first-order valence-electron chi connectivity index (χ1n) is 8.43. The molecular weight excluding hydrogens is 402 g/mol. The number of halogens is 1. The summed E-state index contributed by atoms with van der Waals surface area (Å²) < 4.78 is 0.654. The number of ketones is 1. The van der Waals surface area contributed by atoms with Gasteiger partial charge in [-0.2, -0.15) is 0 Å². The van der Waals surface area contributed by atoms with Gasteiger partial charge in [0.1, 0.15) is 5.69 Å². The SMILES string of the molecule is O=C1CC2S[C@@H]3C[C@@]2(C=C1Br)c1c(c(O)c2c4c1=NCCC=4C=N2)N3. The van der Waals surface area contributed by atoms with Crippen molar-refractivity contribution in [3.05, 3.63) is 26.7 Å². The number of fused-ring (bicyclic) bond motifs is 3. The van der Waals surface area contributed by atoms with Gasteiger partial charge in [-0.15, -0.1) is 11.8 Å². The van der Waals surface area contributed by atoms with Gasteiger partial charge < -0.3 is 10.4 Å². The number of benzene rings is 1. The van der Waals surface area contributed by atoms with Crippen LogP contribution in [0, 0.1) is 0 Å². The smallest absolute Gasteiger partial charge is 0.170 e. The minimum Gasteiger partial charge on any atom is -0.504 e. The highest BCUT2D eigenvalue weighted by Gasteiger charge is 2.56. The Morgan fingerprint density at radius 3 is 3.20 bits per heavy atom. The van der Waals surface area contributed by atoms with Gasteiger partial charge in [-0.25, -0.2) is 0 Å². The highest BCUT2D eigenvalue weighted by molar-refractivity contribution is 9.12. The lowest BCUT2D eigenvalue weighted by molar-refractivity contribution is -0.115. The molecule has 1 spiro atoms. The van der Waals surface area contributed by atoms with Crippen LogP contribution in [0.15, 0.2) is 20.5 Å². The number of Topliss-reactive ketones (excluding diaryl/α,β-unsaturated/α-hetero) is 1. The molecule has 1 fully saturated rings. The molecule has 1 unspecified atom stereocenters. The molecule has 0 radical (unpaired) electrons. The zero-order valence-corrected chi connectivity index (χ0v) is 15.6. The van der Waals surface area contributed by atoms with E-state index in [0.717, 1.165) is 46.8 Å². The number of nitrogens with one attached hydrogen (secondary N) is 1. The standard InChI is InChI=1S/C18H14BrN3O2S/c19-8-4-18-5-11(25-10(18)3-9(8)23)22-16-13(18)14-12-7(1-2-20-14)6-21-15(12)17(16)24/h4,6,10-11,22,24H,1-3,5H2/t10?,11-,18-/m1/s1. The summed E-state index contributed by atoms with van der Waals surface area (Å²) >= 11 is 5.28. The lowest BCUT2D eigenvalue weighted by Crippen LogP contribution is -2.48. The molecule has 5 nitrogen and oxygen atoms in total. The normalized spacial score (nSPS) is 33.2. The third kappa shape index (κ3) is 1.64. The van der Waals surface area contributed by atoms with Gasteiger partial charge in [0.05, 0.1) is 20.9 Å². The lowest BCUT2D eigenvalue weighted by Gasteiger charge is -2.39. The van der Waals surface area contributed by atoms with Crippen molar-refractivity contribution in [2.75, 3.05) is 11.9 Å². The molecule has 2 N–H and O–H groups in total. The highest BCUT2D eigenvalue weighted by atomic mass is 79.9. The van der Waals surface area contributed by atoms with E-state index >= 15 is 0 Å². The van der Waals surface area contributed by atoms with Crippen molar-refractivity contribution in [2.24, 2.45) is 9.98 Å². The third-order valence-electron chi connectivity index (χ3n) is 5.96. The topological polar surface area (TPSA) is 74.0 Å². The quantitative estimate of drug-likeness (QED) is 0.635. The number of allylic oxidation sites excluding steroid dienone is 2. The molecule has 6 rings (SSSR count). The number of aromatic hydroxyl groups is 1. The van der Waals surface area contributed by atoms with Gasteiger partial charge in [0.25, 0.3) is 0 Å². The predicted octanol–water partition coefficient (Wildman–Crippen LogP) is 2.03. The number of anilines is 1. The number of hydrogen-bond donors (Lipinski definition) is 2. The van der Waals surface area contributed by atoms with E-state index in [0.29, 0.717) is 16.6 Å². The lowest BCUT2D eigenvalue weighted by atomic mass is 9.68. The van der Waals surface area contributed by atoms with Crippen LogP contribution in [0.2, 0.25) is 0 Å². The van der Waals surface area contributed by atoms with Crippen LogP contribution in [0.5, 0.6) is 5.75 Å². The van der Waals surface area contributed by atoms with Crippen molar-refractivity contribution in [3.8, 4) is 5.75 Å². The summed E-state index contributed by atoms with van der Waals surface area (Å²) in [6.45, 7) is 0.742. The maximum absolute atomic E-state index is 12.3. The Hall–Kier alpha value is -1.60. The van der Waals surface area contributed by atoms with Gasteiger partial charge in [0.2, 0.25) is 0 Å². The molecule has 2 bridgehead atoms. The number of rotatable bonds is 0. The molecular formula is C18H14BrN3O2S. The van der Waals surface area contributed by atoms with Crippen LogP contribution in [0.25, 0.3) is 5.57 Å². The summed E-state index contributed by atoms with van der Waals surface area (Å²) in [5, 5.41) is 16.8. The molecule has 1 aliphatic carbocycles. The van der Waals surface area contributed by atoms with Gasteiger partial charge in [0.15, 0.2) is 11.5 Å². The van der Waals surface area contributed by atoms with E-state index in [9.17, 15) is 9.90 Å². The van der Waals surface area contributed by atoms with Crippen molar-refractivity contribution in [3.63, 3.8) is 0 Å². The molecule has 7 heteroatoms. The zero-order valence-electron chi connectivity index (χ0n) is 13.2. The number of hydrogen-bond acceptors (Lipinski definition) is 6. The highest BCUT2D eigenvalue weighted by Crippen LogP contribution is 2.60. The van der Waals surface area contributed by atoms with Crippen LogP contribution in [0.3, 0.4) is 0 Å². The molecule has 0 saturated carbocycles. The van der Waals surface area contributed by atoms with Crippen molar-refractivity contribution >= 4 is 56.6 Å². The van der Waals surface area contributed by atoms with E-state index < -0.39 is 0 Å². The van der Waals surface area contributed by atoms with Crippen LogP contribution in [0.4, 0.5) is 11.4 Å². The molecule has 0 amide bonds. The van der Waals surface area contributed by atoms with E-state index in [1.165, 1.54) is 0 Å². The summed E-state index contributed by atoms with van der Waals surface area (Å²) in [4.78, 5) is 21.6. The zero-order chi connectivity index (χ0) is 16.9. The summed E-state index contributed by atoms with van der Waals surface area (Å²) in [6, 6.07) is 0. The Morgan fingerprint density at radius 1 is 1.44 bits per heavy atom. The van der Waals surface area contributed by atoms with E-state index in [4.69, 9.17) is 4.99 Å². The van der Waals surface area contributed by atoms with Gasteiger partial charge in [0, 0.05) is 40.6 Å². The molecule has 1 aromatic rings. The van der Waals surface area contributed by atoms with Gasteiger partial charge in [-0.3, -0.25) is 14.8 Å². The van der Waals surface area contributed by atoms with Crippen LogP contribution in [-0.2, 0) is 10.2 Å². The van der Waals surface area contributed by atoms with Crippen molar-refractivity contribution in [1.82, 2.24) is 0 Å². The summed E-state index contributed by atoms with van der Waals surface area (Å²) in [5.41, 5.74) is 3.36. The second-order valence-corrected chi connectivity index (χ2v) is 9.47. The molecule has 1 saturated heterocycles. The summed E-state index contributed by atoms with van der Waals surface area (Å²) in [7, 11) is 0. The minimum atomic E-state index is -0.265. The van der Waals surface area contributed by atoms with Gasteiger partial charge in [-0.05, 0) is 34.3 Å². The predicted molar refractivity (Wildman–Crippen MR) is 102 cm³/mol. The number of thioether (sulfide) groups is 1. The minimum absolute atomic E-state index is 0.156. The number of phenolic OH excluding ortho intramolecular Hbond substituents is 1. The molecule has 4 heterocycles. The van der Waals surface area contributed by atoms with E-state index in [1.54, 1.807) is 11.8 Å². The molecule has 0 aromatic heterocycles. The first-order valence-corrected chi connectivity index (χ1v) is 10.2. The molecule has 1 aromatic carbocycles. The molecule has 126 valence electrons. The fraction of sp³-hybridized carbons (Fsp3) is 0.389. The number of phenols is 1. The van der Waals surface area contributed by atoms with Crippen LogP contribution < -0.4 is 15.9 Å². The number of nitrogens with zero attached hydrogens (tertiary/aromatic N) is 2. The van der Waals surface area contributed by atoms with E-state index in [-0.39, 0.29) is 27.6 Å². The second-order valence-electron chi connectivity index (χ2n) is 7.21. The van der Waals surface area contributed by atoms with Crippen LogP contribution >= 0.6 is 27.7 Å². The second kappa shape index (κ2) is 4.57.